The minimum atomic E-state index is -0.700. The lowest BCUT2D eigenvalue weighted by molar-refractivity contribution is -0.385. The van der Waals surface area contributed by atoms with Crippen LogP contribution in [0.1, 0.15) is 37.9 Å². The van der Waals surface area contributed by atoms with Gasteiger partial charge in [-0.2, -0.15) is 5.10 Å². The zero-order valence-electron chi connectivity index (χ0n) is 15.1. The van der Waals surface area contributed by atoms with Crippen LogP contribution in [0.4, 0.5) is 5.69 Å². The summed E-state index contributed by atoms with van der Waals surface area (Å²) in [5.41, 5.74) is 2.26. The maximum absolute atomic E-state index is 10.7. The zero-order chi connectivity index (χ0) is 18.6. The minimum Gasteiger partial charge on any atom is -0.390 e. The minimum absolute atomic E-state index is 0.0298. The van der Waals surface area contributed by atoms with Crippen LogP contribution in [-0.4, -0.2) is 32.5 Å². The highest BCUT2D eigenvalue weighted by Crippen LogP contribution is 2.33. The highest BCUT2D eigenvalue weighted by atomic mass is 16.6. The summed E-state index contributed by atoms with van der Waals surface area (Å²) in [6.07, 6.45) is 1.81. The Morgan fingerprint density at radius 1 is 1.40 bits per heavy atom. The lowest BCUT2D eigenvalue weighted by Crippen LogP contribution is -2.38. The van der Waals surface area contributed by atoms with E-state index in [9.17, 15) is 15.2 Å². The van der Waals surface area contributed by atoms with E-state index in [2.05, 4.69) is 56.3 Å². The molecular formula is C18H26N4O3. The predicted octanol–water partition coefficient (Wildman–Crippen LogP) is 2.84. The summed E-state index contributed by atoms with van der Waals surface area (Å²) in [5.74, 6) is 0. The van der Waals surface area contributed by atoms with Gasteiger partial charge in [-0.25, -0.2) is 0 Å². The number of aliphatic hydroxyl groups is 1. The Morgan fingerprint density at radius 3 is 2.68 bits per heavy atom. The molecule has 0 bridgehead atoms. The van der Waals surface area contributed by atoms with E-state index in [0.29, 0.717) is 6.54 Å². The number of hydrogen-bond donors (Lipinski definition) is 2. The number of rotatable bonds is 7. The van der Waals surface area contributed by atoms with Gasteiger partial charge in [0.25, 0.3) is 0 Å². The first-order chi connectivity index (χ1) is 11.7. The second kappa shape index (κ2) is 7.76. The fourth-order valence-electron chi connectivity index (χ4n) is 2.85. The van der Waals surface area contributed by atoms with Crippen molar-refractivity contribution in [1.82, 2.24) is 15.1 Å². The second-order valence-electron chi connectivity index (χ2n) is 7.45. The van der Waals surface area contributed by atoms with E-state index in [1.54, 1.807) is 0 Å². The molecule has 0 aliphatic carbocycles. The Morgan fingerprint density at radius 2 is 2.12 bits per heavy atom. The lowest BCUT2D eigenvalue weighted by Gasteiger charge is -2.33. The first-order valence-corrected chi connectivity index (χ1v) is 8.31. The van der Waals surface area contributed by atoms with Gasteiger partial charge in [-0.05, 0) is 17.9 Å². The molecule has 0 fully saturated rings. The number of aliphatic hydroxyl groups excluding tert-OH is 1. The van der Waals surface area contributed by atoms with Gasteiger partial charge in [0.05, 0.1) is 17.6 Å². The topological polar surface area (TPSA) is 93.2 Å². The van der Waals surface area contributed by atoms with Crippen molar-refractivity contribution in [3.05, 3.63) is 57.9 Å². The second-order valence-corrected chi connectivity index (χ2v) is 7.45. The van der Waals surface area contributed by atoms with Crippen molar-refractivity contribution in [3.63, 3.8) is 0 Å². The van der Waals surface area contributed by atoms with Gasteiger partial charge in [-0.15, -0.1) is 0 Å². The monoisotopic (exact) mass is 346 g/mol. The van der Waals surface area contributed by atoms with Crippen LogP contribution in [0.2, 0.25) is 0 Å². The normalized spacial score (nSPS) is 14.3. The third kappa shape index (κ3) is 5.37. The molecule has 0 aliphatic rings. The van der Waals surface area contributed by atoms with Crippen molar-refractivity contribution in [3.8, 4) is 0 Å². The van der Waals surface area contributed by atoms with Crippen molar-refractivity contribution in [1.29, 1.82) is 0 Å². The van der Waals surface area contributed by atoms with Gasteiger partial charge in [-0.3, -0.25) is 14.8 Å². The quantitative estimate of drug-likeness (QED) is 0.594. The fourth-order valence-corrected chi connectivity index (χ4v) is 2.85. The fraction of sp³-hybridized carbons (Fsp3) is 0.500. The zero-order valence-corrected chi connectivity index (χ0v) is 15.1. The summed E-state index contributed by atoms with van der Waals surface area (Å²) in [5, 5.41) is 28.3. The van der Waals surface area contributed by atoms with Crippen molar-refractivity contribution < 1.29 is 10.0 Å². The number of aromatic nitrogens is 2. The summed E-state index contributed by atoms with van der Waals surface area (Å²) in [6.45, 7) is 9.07. The van der Waals surface area contributed by atoms with Crippen molar-refractivity contribution in [2.45, 2.75) is 46.4 Å². The van der Waals surface area contributed by atoms with Crippen molar-refractivity contribution in [2.24, 2.45) is 5.41 Å². The van der Waals surface area contributed by atoms with Gasteiger partial charge in [0.2, 0.25) is 0 Å². The molecule has 1 heterocycles. The Hall–Kier alpha value is -2.25. The van der Waals surface area contributed by atoms with Crippen LogP contribution in [0.3, 0.4) is 0 Å². The molecule has 0 aliphatic heterocycles. The molecule has 2 unspecified atom stereocenters. The van der Waals surface area contributed by atoms with Crippen LogP contribution in [0.25, 0.3) is 0 Å². The average Bonchev–Trinajstić information content (AvgIpc) is 2.94. The number of hydrogen-bond acceptors (Lipinski definition) is 5. The smallest absolute Gasteiger partial charge is 0.306 e. The maximum atomic E-state index is 10.7. The number of benzene rings is 1. The van der Waals surface area contributed by atoms with Crippen LogP contribution >= 0.6 is 0 Å². The standard InChI is InChI=1S/C18H26N4O3/c1-13-6-5-7-14(8-13)17(18(2,3)4)19-10-16(23)12-21-11-15(9-20-21)22(24)25/h5-9,11,16-17,19,23H,10,12H2,1-4H3. The van der Waals surface area contributed by atoms with Crippen LogP contribution in [0.5, 0.6) is 0 Å². The largest absolute Gasteiger partial charge is 0.390 e. The molecule has 0 spiro atoms. The van der Waals surface area contributed by atoms with E-state index >= 15 is 0 Å². The predicted molar refractivity (Wildman–Crippen MR) is 96.3 cm³/mol. The molecule has 0 saturated carbocycles. The molecule has 0 radical (unpaired) electrons. The molecule has 0 amide bonds. The first kappa shape index (κ1) is 19.1. The summed E-state index contributed by atoms with van der Waals surface area (Å²) < 4.78 is 1.39. The Balaban J connectivity index is 2.01. The number of nitrogens with one attached hydrogen (secondary N) is 1. The van der Waals surface area contributed by atoms with Crippen LogP contribution < -0.4 is 5.32 Å². The molecule has 2 N–H and O–H groups in total. The first-order valence-electron chi connectivity index (χ1n) is 8.31. The van der Waals surface area contributed by atoms with Gasteiger partial charge in [-0.1, -0.05) is 50.6 Å². The molecule has 0 saturated heterocycles. The molecule has 2 rings (SSSR count). The van der Waals surface area contributed by atoms with E-state index in [-0.39, 0.29) is 23.7 Å². The van der Waals surface area contributed by atoms with E-state index in [1.807, 2.05) is 6.07 Å². The third-order valence-corrected chi connectivity index (χ3v) is 4.03. The summed E-state index contributed by atoms with van der Waals surface area (Å²) in [6, 6.07) is 8.40. The molecule has 7 nitrogen and oxygen atoms in total. The number of aryl methyl sites for hydroxylation is 1. The summed E-state index contributed by atoms with van der Waals surface area (Å²) in [4.78, 5) is 10.2. The Bertz CT molecular complexity index is 721. The van der Waals surface area contributed by atoms with Crippen molar-refractivity contribution >= 4 is 5.69 Å². The van der Waals surface area contributed by atoms with E-state index in [1.165, 1.54) is 28.2 Å². The van der Waals surface area contributed by atoms with Gasteiger partial charge in [0.1, 0.15) is 12.4 Å². The molecular weight excluding hydrogens is 320 g/mol. The molecule has 7 heteroatoms. The maximum Gasteiger partial charge on any atom is 0.306 e. The van der Waals surface area contributed by atoms with E-state index in [4.69, 9.17) is 0 Å². The molecule has 1 aromatic heterocycles. The van der Waals surface area contributed by atoms with Crippen LogP contribution in [0.15, 0.2) is 36.7 Å². The molecule has 2 aromatic rings. The lowest BCUT2D eigenvalue weighted by atomic mass is 9.82. The van der Waals surface area contributed by atoms with Gasteiger partial charge >= 0.3 is 5.69 Å². The van der Waals surface area contributed by atoms with Gasteiger partial charge in [0.15, 0.2) is 0 Å². The summed E-state index contributed by atoms with van der Waals surface area (Å²) in [7, 11) is 0. The van der Waals surface area contributed by atoms with E-state index < -0.39 is 11.0 Å². The van der Waals surface area contributed by atoms with Crippen LogP contribution in [0, 0.1) is 22.5 Å². The molecule has 25 heavy (non-hydrogen) atoms. The number of nitrogens with zero attached hydrogens (tertiary/aromatic N) is 3. The summed E-state index contributed by atoms with van der Waals surface area (Å²) >= 11 is 0. The highest BCUT2D eigenvalue weighted by molar-refractivity contribution is 5.26. The average molecular weight is 346 g/mol. The SMILES string of the molecule is Cc1cccc(C(NCC(O)Cn2cc([N+](=O)[O-])cn2)C(C)(C)C)c1. The molecule has 136 valence electrons. The Kier molecular flexibility index (Phi) is 5.92. The third-order valence-electron chi connectivity index (χ3n) is 4.03. The number of nitro groups is 1. The molecule has 2 atom stereocenters. The Labute approximate surface area is 147 Å². The van der Waals surface area contributed by atoms with Crippen LogP contribution in [-0.2, 0) is 6.54 Å². The van der Waals surface area contributed by atoms with E-state index in [0.717, 1.165) is 0 Å². The van der Waals surface area contributed by atoms with Crippen molar-refractivity contribution in [2.75, 3.05) is 6.54 Å². The molecule has 1 aromatic carbocycles. The highest BCUT2D eigenvalue weighted by Gasteiger charge is 2.26. The van der Waals surface area contributed by atoms with Gasteiger partial charge in [0, 0.05) is 12.6 Å². The van der Waals surface area contributed by atoms with Gasteiger partial charge < -0.3 is 10.4 Å².